The van der Waals surface area contributed by atoms with Crippen LogP contribution < -0.4 is 10.9 Å². The molecule has 1 aromatic heterocycles. The Morgan fingerprint density at radius 3 is 2.48 bits per heavy atom. The van der Waals surface area contributed by atoms with Gasteiger partial charge in [-0.25, -0.2) is 9.37 Å². The number of aryl methyl sites for hydroxylation is 5. The summed E-state index contributed by atoms with van der Waals surface area (Å²) in [6.07, 6.45) is 0.0981. The van der Waals surface area contributed by atoms with Crippen molar-refractivity contribution in [1.82, 2.24) is 9.55 Å². The zero-order chi connectivity index (χ0) is 19.7. The summed E-state index contributed by atoms with van der Waals surface area (Å²) in [4.78, 5) is 29.2. The topological polar surface area (TPSA) is 64.0 Å². The molecule has 0 aliphatic rings. The maximum Gasteiger partial charge on any atom is 0.272 e. The van der Waals surface area contributed by atoms with Crippen LogP contribution in [0.3, 0.4) is 0 Å². The van der Waals surface area contributed by atoms with Gasteiger partial charge in [0.05, 0.1) is 11.0 Å². The molecule has 1 heterocycles. The van der Waals surface area contributed by atoms with E-state index in [9.17, 15) is 14.0 Å². The van der Waals surface area contributed by atoms with Crippen molar-refractivity contribution in [3.05, 3.63) is 68.9 Å². The molecule has 0 saturated carbocycles. The second-order valence-corrected chi connectivity index (χ2v) is 6.84. The van der Waals surface area contributed by atoms with Crippen LogP contribution in [-0.4, -0.2) is 15.5 Å². The molecule has 0 fully saturated rings. The average molecular weight is 367 g/mol. The number of hydrogen-bond donors (Lipinski definition) is 1. The third-order valence-corrected chi connectivity index (χ3v) is 4.74. The van der Waals surface area contributed by atoms with Crippen LogP contribution >= 0.6 is 0 Å². The Hall–Kier alpha value is -3.02. The average Bonchev–Trinajstić information content (AvgIpc) is 2.61. The van der Waals surface area contributed by atoms with E-state index in [0.717, 1.165) is 16.6 Å². The molecule has 0 radical (unpaired) electrons. The molecule has 2 aromatic carbocycles. The molecule has 0 atom stereocenters. The number of nitrogens with zero attached hydrogens (tertiary/aromatic N) is 2. The fraction of sp³-hybridized carbons (Fsp3) is 0.286. The first-order chi connectivity index (χ1) is 12.8. The molecule has 140 valence electrons. The van der Waals surface area contributed by atoms with Crippen molar-refractivity contribution in [2.24, 2.45) is 0 Å². The number of hydrogen-bond acceptors (Lipinski definition) is 3. The normalized spacial score (nSPS) is 11.0. The Bertz CT molecular complexity index is 1100. The molecule has 0 saturated heterocycles. The molecule has 0 spiro atoms. The zero-order valence-electron chi connectivity index (χ0n) is 15.9. The van der Waals surface area contributed by atoms with E-state index in [2.05, 4.69) is 10.3 Å². The van der Waals surface area contributed by atoms with Crippen molar-refractivity contribution < 1.29 is 9.18 Å². The molecular formula is C21H22FN3O2. The summed E-state index contributed by atoms with van der Waals surface area (Å²) in [6.45, 7) is 7.52. The van der Waals surface area contributed by atoms with Crippen molar-refractivity contribution in [2.75, 3.05) is 5.32 Å². The van der Waals surface area contributed by atoms with Gasteiger partial charge in [0.25, 0.3) is 5.56 Å². The molecule has 5 nitrogen and oxygen atoms in total. The maximum absolute atomic E-state index is 13.6. The predicted molar refractivity (Wildman–Crippen MR) is 105 cm³/mol. The van der Waals surface area contributed by atoms with Crippen molar-refractivity contribution in [3.63, 3.8) is 0 Å². The molecule has 6 heteroatoms. The zero-order valence-corrected chi connectivity index (χ0v) is 15.9. The highest BCUT2D eigenvalue weighted by molar-refractivity contribution is 5.90. The van der Waals surface area contributed by atoms with Gasteiger partial charge in [0.15, 0.2) is 0 Å². The van der Waals surface area contributed by atoms with Gasteiger partial charge in [-0.15, -0.1) is 0 Å². The third kappa shape index (κ3) is 3.89. The number of halogens is 1. The van der Waals surface area contributed by atoms with Gasteiger partial charge in [-0.3, -0.25) is 9.59 Å². The van der Waals surface area contributed by atoms with Crippen LogP contribution in [0.4, 0.5) is 10.1 Å². The van der Waals surface area contributed by atoms with Crippen LogP contribution in [0.1, 0.15) is 28.8 Å². The van der Waals surface area contributed by atoms with E-state index >= 15 is 0 Å². The number of amides is 1. The van der Waals surface area contributed by atoms with E-state index in [1.54, 1.807) is 30.5 Å². The largest absolute Gasteiger partial charge is 0.326 e. The Morgan fingerprint density at radius 2 is 1.78 bits per heavy atom. The van der Waals surface area contributed by atoms with Crippen LogP contribution in [0.15, 0.2) is 35.1 Å². The first-order valence-corrected chi connectivity index (χ1v) is 8.80. The van der Waals surface area contributed by atoms with E-state index < -0.39 is 0 Å². The highest BCUT2D eigenvalue weighted by Gasteiger charge is 2.12. The SMILES string of the molecule is Cc1cc2nc(C)c(=O)n(CCC(=O)Nc3ccc(C)c(F)c3)c2cc1C. The number of anilines is 1. The Morgan fingerprint density at radius 1 is 1.07 bits per heavy atom. The minimum Gasteiger partial charge on any atom is -0.326 e. The predicted octanol–water partition coefficient (Wildman–Crippen LogP) is 3.80. The Kier molecular flexibility index (Phi) is 5.08. The van der Waals surface area contributed by atoms with Crippen molar-refractivity contribution in [3.8, 4) is 0 Å². The molecule has 0 aliphatic carbocycles. The number of rotatable bonds is 4. The van der Waals surface area contributed by atoms with Gasteiger partial charge >= 0.3 is 0 Å². The molecule has 3 rings (SSSR count). The van der Waals surface area contributed by atoms with E-state index in [-0.39, 0.29) is 30.2 Å². The smallest absolute Gasteiger partial charge is 0.272 e. The Balaban J connectivity index is 1.84. The summed E-state index contributed by atoms with van der Waals surface area (Å²) in [5, 5.41) is 2.67. The lowest BCUT2D eigenvalue weighted by Crippen LogP contribution is -2.26. The lowest BCUT2D eigenvalue weighted by atomic mass is 10.1. The van der Waals surface area contributed by atoms with Gasteiger partial charge in [-0.1, -0.05) is 6.07 Å². The molecule has 3 aromatic rings. The number of nitrogens with one attached hydrogen (secondary N) is 1. The fourth-order valence-electron chi connectivity index (χ4n) is 2.95. The second kappa shape index (κ2) is 7.31. The highest BCUT2D eigenvalue weighted by atomic mass is 19.1. The molecular weight excluding hydrogens is 345 g/mol. The number of fused-ring (bicyclic) bond motifs is 1. The van der Waals surface area contributed by atoms with Crippen molar-refractivity contribution in [2.45, 2.75) is 40.7 Å². The first kappa shape index (κ1) is 18.8. The van der Waals surface area contributed by atoms with Gasteiger partial charge in [-0.2, -0.15) is 0 Å². The maximum atomic E-state index is 13.6. The molecule has 27 heavy (non-hydrogen) atoms. The van der Waals surface area contributed by atoms with E-state index in [4.69, 9.17) is 0 Å². The second-order valence-electron chi connectivity index (χ2n) is 6.84. The van der Waals surface area contributed by atoms with Crippen molar-refractivity contribution in [1.29, 1.82) is 0 Å². The van der Waals surface area contributed by atoms with Crippen LogP contribution in [0.25, 0.3) is 11.0 Å². The minimum absolute atomic E-state index is 0.0981. The number of carbonyl (C=O) groups excluding carboxylic acids is 1. The lowest BCUT2D eigenvalue weighted by Gasteiger charge is -2.13. The monoisotopic (exact) mass is 367 g/mol. The van der Waals surface area contributed by atoms with Crippen molar-refractivity contribution >= 4 is 22.6 Å². The number of carbonyl (C=O) groups is 1. The highest BCUT2D eigenvalue weighted by Crippen LogP contribution is 2.18. The van der Waals surface area contributed by atoms with Crippen LogP contribution in [-0.2, 0) is 11.3 Å². The number of benzene rings is 2. The standard InChI is InChI=1S/C21H22FN3O2/c1-12-5-6-16(11-17(12)22)24-20(26)7-8-25-19-10-14(3)13(2)9-18(19)23-15(4)21(25)27/h5-6,9-11H,7-8H2,1-4H3,(H,24,26). The van der Waals surface area contributed by atoms with Gasteiger partial charge in [0.1, 0.15) is 11.5 Å². The number of aromatic nitrogens is 2. The quantitative estimate of drug-likeness (QED) is 0.763. The third-order valence-electron chi connectivity index (χ3n) is 4.74. The van der Waals surface area contributed by atoms with Gasteiger partial charge in [0.2, 0.25) is 5.91 Å². The summed E-state index contributed by atoms with van der Waals surface area (Å²) in [5.41, 5.74) is 4.70. The summed E-state index contributed by atoms with van der Waals surface area (Å²) in [5.74, 6) is -0.651. The van der Waals surface area contributed by atoms with Gasteiger partial charge in [0, 0.05) is 18.7 Å². The summed E-state index contributed by atoms with van der Waals surface area (Å²) in [7, 11) is 0. The van der Waals surface area contributed by atoms with Gasteiger partial charge in [-0.05, 0) is 68.7 Å². The first-order valence-electron chi connectivity index (χ1n) is 8.80. The van der Waals surface area contributed by atoms with Gasteiger partial charge < -0.3 is 9.88 Å². The van der Waals surface area contributed by atoms with E-state index in [0.29, 0.717) is 22.5 Å². The fourth-order valence-corrected chi connectivity index (χ4v) is 2.95. The minimum atomic E-state index is -0.370. The van der Waals surface area contributed by atoms with E-state index in [1.165, 1.54) is 6.07 Å². The summed E-state index contributed by atoms with van der Waals surface area (Å²) in [6, 6.07) is 8.42. The van der Waals surface area contributed by atoms with Crippen LogP contribution in [0, 0.1) is 33.5 Å². The summed E-state index contributed by atoms with van der Waals surface area (Å²) < 4.78 is 15.2. The molecule has 0 aliphatic heterocycles. The lowest BCUT2D eigenvalue weighted by molar-refractivity contribution is -0.116. The molecule has 1 amide bonds. The molecule has 1 N–H and O–H groups in total. The Labute approximate surface area is 156 Å². The van der Waals surface area contributed by atoms with E-state index in [1.807, 2.05) is 26.0 Å². The van der Waals surface area contributed by atoms with Crippen LogP contribution in [0.2, 0.25) is 0 Å². The molecule has 0 bridgehead atoms. The molecule has 0 unspecified atom stereocenters. The summed E-state index contributed by atoms with van der Waals surface area (Å²) >= 11 is 0. The van der Waals surface area contributed by atoms with Crippen LogP contribution in [0.5, 0.6) is 0 Å².